The van der Waals surface area contributed by atoms with Gasteiger partial charge in [-0.1, -0.05) is 15.9 Å². The van der Waals surface area contributed by atoms with E-state index in [-0.39, 0.29) is 5.84 Å². The van der Waals surface area contributed by atoms with Gasteiger partial charge in [0.05, 0.1) is 11.3 Å². The van der Waals surface area contributed by atoms with Gasteiger partial charge in [-0.3, -0.25) is 5.41 Å². The van der Waals surface area contributed by atoms with Crippen molar-refractivity contribution in [2.45, 2.75) is 6.92 Å². The van der Waals surface area contributed by atoms with Gasteiger partial charge in [-0.05, 0) is 25.1 Å². The molecule has 0 saturated heterocycles. The Morgan fingerprint density at radius 1 is 1.44 bits per heavy atom. The topological polar surface area (TPSA) is 76.9 Å². The number of nitrogens with two attached hydrogens (primary N) is 1. The number of hydrogen-bond acceptors (Lipinski definition) is 3. The number of aryl methyl sites for hydroxylation is 2. The Hall–Kier alpha value is -1.82. The highest BCUT2D eigenvalue weighted by Gasteiger charge is 2.11. The first-order chi connectivity index (χ1) is 8.47. The van der Waals surface area contributed by atoms with Crippen LogP contribution in [-0.2, 0) is 7.05 Å². The SMILES string of the molecule is Cc1cc(Oc2cc(Br)ccc2C(=N)N)n(C)n1. The zero-order valence-electron chi connectivity index (χ0n) is 10.1. The van der Waals surface area contributed by atoms with Gasteiger partial charge in [0.1, 0.15) is 11.6 Å². The third-order valence-corrected chi connectivity index (χ3v) is 2.90. The van der Waals surface area contributed by atoms with Crippen molar-refractivity contribution in [3.05, 3.63) is 40.0 Å². The van der Waals surface area contributed by atoms with E-state index in [0.29, 0.717) is 17.2 Å². The molecule has 1 aromatic carbocycles. The maximum atomic E-state index is 7.53. The summed E-state index contributed by atoms with van der Waals surface area (Å²) >= 11 is 3.37. The molecule has 2 rings (SSSR count). The Labute approximate surface area is 113 Å². The van der Waals surface area contributed by atoms with Crippen molar-refractivity contribution < 1.29 is 4.74 Å². The van der Waals surface area contributed by atoms with Crippen molar-refractivity contribution in [1.82, 2.24) is 9.78 Å². The van der Waals surface area contributed by atoms with E-state index in [1.54, 1.807) is 23.9 Å². The van der Waals surface area contributed by atoms with Crippen molar-refractivity contribution in [3.8, 4) is 11.6 Å². The molecule has 94 valence electrons. The van der Waals surface area contributed by atoms with Crippen molar-refractivity contribution in [1.29, 1.82) is 5.41 Å². The predicted molar refractivity (Wildman–Crippen MR) is 73.2 cm³/mol. The molecule has 0 fully saturated rings. The summed E-state index contributed by atoms with van der Waals surface area (Å²) in [6.45, 7) is 1.89. The summed E-state index contributed by atoms with van der Waals surface area (Å²) in [6, 6.07) is 7.16. The highest BCUT2D eigenvalue weighted by Crippen LogP contribution is 2.28. The second kappa shape index (κ2) is 4.81. The molecular weight excluding hydrogens is 296 g/mol. The fourth-order valence-electron chi connectivity index (χ4n) is 1.60. The van der Waals surface area contributed by atoms with E-state index >= 15 is 0 Å². The monoisotopic (exact) mass is 308 g/mol. The maximum absolute atomic E-state index is 7.53. The quantitative estimate of drug-likeness (QED) is 0.676. The number of nitrogen functional groups attached to an aromatic ring is 1. The second-order valence-electron chi connectivity index (χ2n) is 3.90. The average Bonchev–Trinajstić information content (AvgIpc) is 2.57. The van der Waals surface area contributed by atoms with E-state index in [2.05, 4.69) is 21.0 Å². The Bertz CT molecular complexity index is 606. The smallest absolute Gasteiger partial charge is 0.217 e. The molecule has 0 saturated carbocycles. The van der Waals surface area contributed by atoms with Crippen LogP contribution in [0.15, 0.2) is 28.7 Å². The van der Waals surface area contributed by atoms with Crippen molar-refractivity contribution in [3.63, 3.8) is 0 Å². The van der Waals surface area contributed by atoms with Gasteiger partial charge in [-0.25, -0.2) is 4.68 Å². The Morgan fingerprint density at radius 2 is 2.17 bits per heavy atom. The van der Waals surface area contributed by atoms with Crippen molar-refractivity contribution in [2.24, 2.45) is 12.8 Å². The first kappa shape index (κ1) is 12.6. The van der Waals surface area contributed by atoms with Gasteiger partial charge >= 0.3 is 0 Å². The third-order valence-electron chi connectivity index (χ3n) is 2.41. The van der Waals surface area contributed by atoms with Crippen LogP contribution in [0.25, 0.3) is 0 Å². The number of amidine groups is 1. The highest BCUT2D eigenvalue weighted by atomic mass is 79.9. The van der Waals surface area contributed by atoms with Crippen LogP contribution in [0.2, 0.25) is 0 Å². The molecule has 0 aliphatic rings. The van der Waals surface area contributed by atoms with Crippen LogP contribution in [-0.4, -0.2) is 15.6 Å². The van der Waals surface area contributed by atoms with Gasteiger partial charge in [-0.2, -0.15) is 5.10 Å². The number of aromatic nitrogens is 2. The number of halogens is 1. The molecule has 0 aliphatic heterocycles. The summed E-state index contributed by atoms with van der Waals surface area (Å²) in [6.07, 6.45) is 0. The van der Waals surface area contributed by atoms with Gasteiger partial charge in [0.15, 0.2) is 0 Å². The summed E-state index contributed by atoms with van der Waals surface area (Å²) in [7, 11) is 1.80. The molecule has 0 unspecified atom stereocenters. The lowest BCUT2D eigenvalue weighted by atomic mass is 10.2. The normalized spacial score (nSPS) is 10.4. The van der Waals surface area contributed by atoms with Gasteiger partial charge in [0.2, 0.25) is 5.88 Å². The Morgan fingerprint density at radius 3 is 2.72 bits per heavy atom. The van der Waals surface area contributed by atoms with Crippen LogP contribution < -0.4 is 10.5 Å². The van der Waals surface area contributed by atoms with Crippen LogP contribution in [0.5, 0.6) is 11.6 Å². The van der Waals surface area contributed by atoms with Gasteiger partial charge < -0.3 is 10.5 Å². The van der Waals surface area contributed by atoms with Gasteiger partial charge in [0.25, 0.3) is 0 Å². The lowest BCUT2D eigenvalue weighted by Crippen LogP contribution is -2.12. The summed E-state index contributed by atoms with van der Waals surface area (Å²) < 4.78 is 8.25. The molecule has 0 radical (unpaired) electrons. The number of nitrogens with zero attached hydrogens (tertiary/aromatic N) is 2. The fourth-order valence-corrected chi connectivity index (χ4v) is 1.94. The minimum atomic E-state index is -0.0311. The number of ether oxygens (including phenoxy) is 1. The van der Waals surface area contributed by atoms with Crippen LogP contribution >= 0.6 is 15.9 Å². The molecule has 1 aromatic heterocycles. The number of nitrogens with one attached hydrogen (secondary N) is 1. The van der Waals surface area contributed by atoms with Crippen LogP contribution in [0.4, 0.5) is 0 Å². The molecule has 5 nitrogen and oxygen atoms in total. The lowest BCUT2D eigenvalue weighted by molar-refractivity contribution is 0.429. The highest BCUT2D eigenvalue weighted by molar-refractivity contribution is 9.10. The minimum Gasteiger partial charge on any atom is -0.438 e. The van der Waals surface area contributed by atoms with Crippen molar-refractivity contribution >= 4 is 21.8 Å². The Kier molecular flexibility index (Phi) is 3.38. The van der Waals surface area contributed by atoms with Gasteiger partial charge in [0, 0.05) is 17.6 Å². The maximum Gasteiger partial charge on any atom is 0.217 e. The molecule has 6 heteroatoms. The molecule has 3 N–H and O–H groups in total. The van der Waals surface area contributed by atoms with Crippen molar-refractivity contribution in [2.75, 3.05) is 0 Å². The summed E-state index contributed by atoms with van der Waals surface area (Å²) in [5.41, 5.74) is 6.95. The molecular formula is C12H13BrN4O. The largest absolute Gasteiger partial charge is 0.438 e. The zero-order valence-corrected chi connectivity index (χ0v) is 11.7. The number of hydrogen-bond donors (Lipinski definition) is 2. The standard InChI is InChI=1S/C12H13BrN4O/c1-7-5-11(17(2)16-7)18-10-6-8(13)3-4-9(10)12(14)15/h3-6H,1-2H3,(H3,14,15). The first-order valence-corrected chi connectivity index (χ1v) is 6.09. The van der Waals surface area contributed by atoms with E-state index in [4.69, 9.17) is 15.9 Å². The Balaban J connectivity index is 2.42. The third kappa shape index (κ3) is 2.53. The average molecular weight is 309 g/mol. The van der Waals surface area contributed by atoms with Crippen LogP contribution in [0, 0.1) is 12.3 Å². The molecule has 0 amide bonds. The summed E-state index contributed by atoms with van der Waals surface area (Å²) in [5, 5.41) is 11.7. The van der Waals surface area contributed by atoms with E-state index in [0.717, 1.165) is 10.2 Å². The van der Waals surface area contributed by atoms with Gasteiger partial charge in [-0.15, -0.1) is 0 Å². The fraction of sp³-hybridized carbons (Fsp3) is 0.167. The molecule has 0 aliphatic carbocycles. The number of benzene rings is 1. The van der Waals surface area contributed by atoms with E-state index in [9.17, 15) is 0 Å². The zero-order chi connectivity index (χ0) is 13.3. The van der Waals surface area contributed by atoms with Crippen LogP contribution in [0.3, 0.4) is 0 Å². The lowest BCUT2D eigenvalue weighted by Gasteiger charge is -2.10. The molecule has 0 atom stereocenters. The van der Waals surface area contributed by atoms with Crippen LogP contribution in [0.1, 0.15) is 11.3 Å². The molecule has 0 spiro atoms. The van der Waals surface area contributed by atoms with E-state index in [1.807, 2.05) is 19.1 Å². The molecule has 0 bridgehead atoms. The van der Waals surface area contributed by atoms with E-state index in [1.165, 1.54) is 0 Å². The summed E-state index contributed by atoms with van der Waals surface area (Å²) in [5.74, 6) is 1.10. The second-order valence-corrected chi connectivity index (χ2v) is 4.82. The molecule has 18 heavy (non-hydrogen) atoms. The number of rotatable bonds is 3. The predicted octanol–water partition coefficient (Wildman–Crippen LogP) is 2.57. The van der Waals surface area contributed by atoms with E-state index < -0.39 is 0 Å². The minimum absolute atomic E-state index is 0.0311. The first-order valence-electron chi connectivity index (χ1n) is 5.30. The molecule has 2 aromatic rings. The summed E-state index contributed by atoms with van der Waals surface area (Å²) in [4.78, 5) is 0. The molecule has 1 heterocycles.